The molecule has 0 spiro atoms. The van der Waals surface area contributed by atoms with Gasteiger partial charge in [-0.3, -0.25) is 0 Å². The fourth-order valence-corrected chi connectivity index (χ4v) is 2.55. The molecule has 2 unspecified atom stereocenters. The number of ether oxygens (including phenoxy) is 1. The van der Waals surface area contributed by atoms with E-state index in [2.05, 4.69) is 42.6 Å². The second-order valence-corrected chi connectivity index (χ2v) is 4.82. The van der Waals surface area contributed by atoms with Gasteiger partial charge in [0.25, 0.3) is 0 Å². The van der Waals surface area contributed by atoms with Gasteiger partial charge in [-0.2, -0.15) is 0 Å². The molecule has 0 amide bonds. The van der Waals surface area contributed by atoms with Crippen LogP contribution in [-0.4, -0.2) is 19.8 Å². The Kier molecular flexibility index (Phi) is 5.02. The highest BCUT2D eigenvalue weighted by atomic mass is 16.5. The minimum Gasteiger partial charge on any atom is -0.381 e. The largest absolute Gasteiger partial charge is 0.381 e. The molecule has 2 rings (SSSR count). The van der Waals surface area contributed by atoms with Crippen molar-refractivity contribution in [1.29, 1.82) is 0 Å². The third-order valence-corrected chi connectivity index (χ3v) is 3.44. The maximum atomic E-state index is 5.62. The fourth-order valence-electron chi connectivity index (χ4n) is 2.55. The highest BCUT2D eigenvalue weighted by molar-refractivity contribution is 5.19. The van der Waals surface area contributed by atoms with Gasteiger partial charge < -0.3 is 10.1 Å². The normalized spacial score (nSPS) is 22.3. The summed E-state index contributed by atoms with van der Waals surface area (Å²) in [6.45, 7) is 5.13. The van der Waals surface area contributed by atoms with E-state index in [1.165, 1.54) is 24.8 Å². The van der Waals surface area contributed by atoms with Crippen LogP contribution in [0, 0.1) is 5.92 Å². The monoisotopic (exact) mass is 233 g/mol. The second-order valence-electron chi connectivity index (χ2n) is 4.82. The quantitative estimate of drug-likeness (QED) is 0.843. The second kappa shape index (κ2) is 6.77. The van der Waals surface area contributed by atoms with E-state index in [1.807, 2.05) is 0 Å². The summed E-state index contributed by atoms with van der Waals surface area (Å²) in [7, 11) is 0. The summed E-state index contributed by atoms with van der Waals surface area (Å²) in [5, 5.41) is 3.68. The van der Waals surface area contributed by atoms with Gasteiger partial charge in [0.05, 0.1) is 6.61 Å². The number of hydrogen-bond acceptors (Lipinski definition) is 2. The van der Waals surface area contributed by atoms with Crippen molar-refractivity contribution in [2.75, 3.05) is 19.8 Å². The molecule has 94 valence electrons. The van der Waals surface area contributed by atoms with E-state index in [0.717, 1.165) is 19.8 Å². The first kappa shape index (κ1) is 12.6. The lowest BCUT2D eigenvalue weighted by Gasteiger charge is -2.31. The number of hydrogen-bond donors (Lipinski definition) is 1. The van der Waals surface area contributed by atoms with Crippen molar-refractivity contribution >= 4 is 0 Å². The summed E-state index contributed by atoms with van der Waals surface area (Å²) in [5.74, 6) is 0.623. The van der Waals surface area contributed by atoms with Gasteiger partial charge in [-0.05, 0) is 31.4 Å². The zero-order valence-electron chi connectivity index (χ0n) is 10.7. The van der Waals surface area contributed by atoms with E-state index in [1.54, 1.807) is 0 Å². The van der Waals surface area contributed by atoms with Crippen LogP contribution in [0.4, 0.5) is 0 Å². The van der Waals surface area contributed by atoms with Crippen molar-refractivity contribution in [2.24, 2.45) is 5.92 Å². The predicted molar refractivity (Wildman–Crippen MR) is 71.0 cm³/mol. The summed E-state index contributed by atoms with van der Waals surface area (Å²) in [6.07, 6.45) is 3.65. The smallest absolute Gasteiger partial charge is 0.0512 e. The lowest BCUT2D eigenvalue weighted by molar-refractivity contribution is 0.0390. The zero-order chi connectivity index (χ0) is 11.9. The van der Waals surface area contributed by atoms with Crippen molar-refractivity contribution in [3.63, 3.8) is 0 Å². The predicted octanol–water partition coefficient (Wildman–Crippen LogP) is 3.15. The van der Waals surface area contributed by atoms with Crippen molar-refractivity contribution in [2.45, 2.75) is 32.2 Å². The Bertz CT molecular complexity index is 306. The molecule has 1 aliphatic heterocycles. The van der Waals surface area contributed by atoms with Crippen molar-refractivity contribution in [3.8, 4) is 0 Å². The molecule has 0 saturated carbocycles. The zero-order valence-corrected chi connectivity index (χ0v) is 10.7. The topological polar surface area (TPSA) is 21.3 Å². The van der Waals surface area contributed by atoms with Crippen molar-refractivity contribution in [1.82, 2.24) is 5.32 Å². The lowest BCUT2D eigenvalue weighted by atomic mass is 9.88. The van der Waals surface area contributed by atoms with Crippen LogP contribution in [0.1, 0.15) is 37.8 Å². The molecule has 2 atom stereocenters. The Morgan fingerprint density at radius 3 is 2.82 bits per heavy atom. The van der Waals surface area contributed by atoms with Gasteiger partial charge in [-0.15, -0.1) is 0 Å². The molecule has 1 aromatic rings. The van der Waals surface area contributed by atoms with Crippen LogP contribution in [0.25, 0.3) is 0 Å². The summed E-state index contributed by atoms with van der Waals surface area (Å²) < 4.78 is 5.62. The number of rotatable bonds is 5. The molecule has 0 radical (unpaired) electrons. The number of nitrogens with one attached hydrogen (secondary N) is 1. The molecule has 0 aromatic heterocycles. The summed E-state index contributed by atoms with van der Waals surface area (Å²) in [4.78, 5) is 0. The van der Waals surface area contributed by atoms with Crippen LogP contribution < -0.4 is 5.32 Å². The molecule has 1 fully saturated rings. The van der Waals surface area contributed by atoms with Crippen LogP contribution in [0.5, 0.6) is 0 Å². The Hall–Kier alpha value is -0.860. The Morgan fingerprint density at radius 1 is 1.35 bits per heavy atom. The Labute approximate surface area is 104 Å². The summed E-state index contributed by atoms with van der Waals surface area (Å²) in [6, 6.07) is 11.2. The highest BCUT2D eigenvalue weighted by Crippen LogP contribution is 2.28. The minimum absolute atomic E-state index is 0.455. The SMILES string of the molecule is CCCNC(c1ccccc1)C1CCCOC1. The Balaban J connectivity index is 2.06. The third-order valence-electron chi connectivity index (χ3n) is 3.44. The molecule has 1 heterocycles. The van der Waals surface area contributed by atoms with Crippen LogP contribution in [-0.2, 0) is 4.74 Å². The van der Waals surface area contributed by atoms with E-state index in [-0.39, 0.29) is 0 Å². The average Bonchev–Trinajstić information content (AvgIpc) is 2.42. The summed E-state index contributed by atoms with van der Waals surface area (Å²) in [5.41, 5.74) is 1.40. The maximum absolute atomic E-state index is 5.62. The molecular weight excluding hydrogens is 210 g/mol. The van der Waals surface area contributed by atoms with E-state index in [0.29, 0.717) is 12.0 Å². The molecule has 0 bridgehead atoms. The third kappa shape index (κ3) is 3.55. The number of benzene rings is 1. The van der Waals surface area contributed by atoms with E-state index < -0.39 is 0 Å². The average molecular weight is 233 g/mol. The van der Waals surface area contributed by atoms with Gasteiger partial charge in [0.1, 0.15) is 0 Å². The molecule has 1 N–H and O–H groups in total. The Morgan fingerprint density at radius 2 is 2.18 bits per heavy atom. The van der Waals surface area contributed by atoms with Gasteiger partial charge in [0, 0.05) is 18.6 Å². The fraction of sp³-hybridized carbons (Fsp3) is 0.600. The van der Waals surface area contributed by atoms with Crippen molar-refractivity contribution < 1.29 is 4.74 Å². The van der Waals surface area contributed by atoms with Crippen molar-refractivity contribution in [3.05, 3.63) is 35.9 Å². The van der Waals surface area contributed by atoms with E-state index in [4.69, 9.17) is 4.74 Å². The molecule has 17 heavy (non-hydrogen) atoms. The molecule has 1 aliphatic rings. The van der Waals surface area contributed by atoms with Gasteiger partial charge in [0.2, 0.25) is 0 Å². The molecule has 1 saturated heterocycles. The first-order chi connectivity index (χ1) is 8.42. The highest BCUT2D eigenvalue weighted by Gasteiger charge is 2.24. The van der Waals surface area contributed by atoms with Gasteiger partial charge >= 0.3 is 0 Å². The molecular formula is C15H23NO. The van der Waals surface area contributed by atoms with E-state index in [9.17, 15) is 0 Å². The van der Waals surface area contributed by atoms with Gasteiger partial charge in [0.15, 0.2) is 0 Å². The standard InChI is InChI=1S/C15H23NO/c1-2-10-16-15(13-7-4-3-5-8-13)14-9-6-11-17-12-14/h3-5,7-8,14-16H,2,6,9-12H2,1H3. The van der Waals surface area contributed by atoms with Crippen LogP contribution in [0.3, 0.4) is 0 Å². The molecule has 2 nitrogen and oxygen atoms in total. The van der Waals surface area contributed by atoms with E-state index >= 15 is 0 Å². The van der Waals surface area contributed by atoms with Gasteiger partial charge in [-0.1, -0.05) is 37.3 Å². The van der Waals surface area contributed by atoms with Crippen LogP contribution in [0.2, 0.25) is 0 Å². The molecule has 2 heteroatoms. The van der Waals surface area contributed by atoms with Gasteiger partial charge in [-0.25, -0.2) is 0 Å². The van der Waals surface area contributed by atoms with Crippen LogP contribution >= 0.6 is 0 Å². The molecule has 0 aliphatic carbocycles. The first-order valence-corrected chi connectivity index (χ1v) is 6.78. The first-order valence-electron chi connectivity index (χ1n) is 6.78. The maximum Gasteiger partial charge on any atom is 0.0512 e. The molecule has 1 aromatic carbocycles. The lowest BCUT2D eigenvalue weighted by Crippen LogP contribution is -2.33. The van der Waals surface area contributed by atoms with Crippen LogP contribution in [0.15, 0.2) is 30.3 Å². The summed E-state index contributed by atoms with van der Waals surface area (Å²) >= 11 is 0. The minimum atomic E-state index is 0.455.